The largest absolute Gasteiger partial charge is 0.496 e. The predicted octanol–water partition coefficient (Wildman–Crippen LogP) is 2.43. The molecule has 2 rings (SSSR count). The fourth-order valence-corrected chi connectivity index (χ4v) is 3.23. The van der Waals surface area contributed by atoms with Gasteiger partial charge in [0.2, 0.25) is 10.0 Å². The second-order valence-corrected chi connectivity index (χ2v) is 6.92. The molecule has 2 aromatic rings. The van der Waals surface area contributed by atoms with Crippen molar-refractivity contribution < 1.29 is 23.1 Å². The highest BCUT2D eigenvalue weighted by atomic mass is 32.2. The van der Waals surface area contributed by atoms with Crippen LogP contribution in [0.15, 0.2) is 47.4 Å². The lowest BCUT2D eigenvalue weighted by Crippen LogP contribution is -2.23. The smallest absolute Gasteiger partial charge is 0.335 e. The normalized spacial score (nSPS) is 11.2. The van der Waals surface area contributed by atoms with Gasteiger partial charge in [-0.3, -0.25) is 0 Å². The first kappa shape index (κ1) is 18.0. The summed E-state index contributed by atoms with van der Waals surface area (Å²) in [5.41, 5.74) is 1.85. The molecule has 128 valence electrons. The van der Waals surface area contributed by atoms with Crippen LogP contribution in [-0.4, -0.2) is 26.6 Å². The molecule has 0 atom stereocenters. The molecule has 0 spiro atoms. The Balaban J connectivity index is 2.19. The molecule has 0 aliphatic rings. The number of carboxylic acids is 1. The number of ether oxygens (including phenoxy) is 1. The van der Waals surface area contributed by atoms with Crippen LogP contribution in [-0.2, 0) is 23.0 Å². The number of methoxy groups -OCH3 is 1. The van der Waals surface area contributed by atoms with Gasteiger partial charge in [0.05, 0.1) is 17.6 Å². The number of hydrogen-bond donors (Lipinski definition) is 2. The van der Waals surface area contributed by atoms with Crippen molar-refractivity contribution >= 4 is 16.0 Å². The fraction of sp³-hybridized carbons (Fsp3) is 0.235. The minimum atomic E-state index is -3.74. The number of benzene rings is 2. The maximum absolute atomic E-state index is 12.3. The predicted molar refractivity (Wildman–Crippen MR) is 89.8 cm³/mol. The van der Waals surface area contributed by atoms with E-state index in [0.29, 0.717) is 5.75 Å². The zero-order valence-electron chi connectivity index (χ0n) is 13.4. The van der Waals surface area contributed by atoms with E-state index in [-0.39, 0.29) is 17.0 Å². The van der Waals surface area contributed by atoms with Gasteiger partial charge < -0.3 is 9.84 Å². The van der Waals surface area contributed by atoms with Crippen LogP contribution in [0.5, 0.6) is 5.75 Å². The summed E-state index contributed by atoms with van der Waals surface area (Å²) >= 11 is 0. The van der Waals surface area contributed by atoms with Crippen LogP contribution in [0.3, 0.4) is 0 Å². The van der Waals surface area contributed by atoms with Gasteiger partial charge in [-0.1, -0.05) is 19.1 Å². The van der Waals surface area contributed by atoms with Crippen molar-refractivity contribution in [3.05, 3.63) is 59.2 Å². The highest BCUT2D eigenvalue weighted by molar-refractivity contribution is 7.89. The number of nitrogens with one attached hydrogen (secondary N) is 1. The van der Waals surface area contributed by atoms with Crippen molar-refractivity contribution in [2.24, 2.45) is 0 Å². The molecule has 2 aromatic carbocycles. The van der Waals surface area contributed by atoms with Crippen LogP contribution in [0.4, 0.5) is 0 Å². The van der Waals surface area contributed by atoms with E-state index in [2.05, 4.69) is 4.72 Å². The molecule has 0 aromatic heterocycles. The monoisotopic (exact) mass is 349 g/mol. The molecule has 6 nitrogen and oxygen atoms in total. The third kappa shape index (κ3) is 4.12. The van der Waals surface area contributed by atoms with Gasteiger partial charge in [-0.25, -0.2) is 17.9 Å². The van der Waals surface area contributed by atoms with Crippen molar-refractivity contribution in [2.45, 2.75) is 24.8 Å². The molecule has 0 saturated carbocycles. The zero-order valence-corrected chi connectivity index (χ0v) is 14.3. The average molecular weight is 349 g/mol. The summed E-state index contributed by atoms with van der Waals surface area (Å²) in [5, 5.41) is 8.86. The van der Waals surface area contributed by atoms with Gasteiger partial charge >= 0.3 is 5.97 Å². The number of hydrogen-bond acceptors (Lipinski definition) is 4. The molecule has 0 bridgehead atoms. The third-order valence-electron chi connectivity index (χ3n) is 3.62. The first-order valence-corrected chi connectivity index (χ1v) is 8.84. The third-order valence-corrected chi connectivity index (χ3v) is 5.03. The Hall–Kier alpha value is -2.38. The van der Waals surface area contributed by atoms with E-state index < -0.39 is 16.0 Å². The van der Waals surface area contributed by atoms with Crippen molar-refractivity contribution in [3.8, 4) is 5.75 Å². The molecule has 0 unspecified atom stereocenters. The maximum Gasteiger partial charge on any atom is 0.335 e. The summed E-state index contributed by atoms with van der Waals surface area (Å²) in [6.45, 7) is 2.10. The van der Waals surface area contributed by atoms with Crippen LogP contribution >= 0.6 is 0 Å². The number of aryl methyl sites for hydroxylation is 1. The number of rotatable bonds is 7. The second-order valence-electron chi connectivity index (χ2n) is 5.15. The molecule has 0 aliphatic carbocycles. The van der Waals surface area contributed by atoms with Gasteiger partial charge in [0, 0.05) is 12.1 Å². The van der Waals surface area contributed by atoms with Crippen molar-refractivity contribution in [3.63, 3.8) is 0 Å². The zero-order chi connectivity index (χ0) is 17.7. The van der Waals surface area contributed by atoms with Crippen LogP contribution in [0, 0.1) is 0 Å². The highest BCUT2D eigenvalue weighted by Gasteiger charge is 2.16. The van der Waals surface area contributed by atoms with E-state index in [0.717, 1.165) is 17.5 Å². The molecule has 0 fully saturated rings. The molecule has 7 heteroatoms. The van der Waals surface area contributed by atoms with E-state index in [1.165, 1.54) is 31.4 Å². The second kappa shape index (κ2) is 7.46. The van der Waals surface area contributed by atoms with E-state index in [1.807, 2.05) is 25.1 Å². The fourth-order valence-electron chi connectivity index (χ4n) is 2.22. The minimum Gasteiger partial charge on any atom is -0.496 e. The van der Waals surface area contributed by atoms with Gasteiger partial charge in [0.15, 0.2) is 0 Å². The van der Waals surface area contributed by atoms with E-state index in [9.17, 15) is 13.2 Å². The lowest BCUT2D eigenvalue weighted by molar-refractivity contribution is 0.0696. The summed E-state index contributed by atoms with van der Waals surface area (Å²) in [7, 11) is -2.21. The number of aromatic carboxylic acids is 1. The van der Waals surface area contributed by atoms with Gasteiger partial charge in [-0.15, -0.1) is 0 Å². The number of carboxylic acid groups (broad SMARTS) is 1. The minimum absolute atomic E-state index is 0.0121. The van der Waals surface area contributed by atoms with E-state index >= 15 is 0 Å². The van der Waals surface area contributed by atoms with Crippen LogP contribution in [0.25, 0.3) is 0 Å². The highest BCUT2D eigenvalue weighted by Crippen LogP contribution is 2.21. The Labute approximate surface area is 141 Å². The Morgan fingerprint density at radius 3 is 2.38 bits per heavy atom. The molecule has 0 amide bonds. The van der Waals surface area contributed by atoms with Gasteiger partial charge in [0.1, 0.15) is 5.75 Å². The summed E-state index contributed by atoms with van der Waals surface area (Å²) in [5.74, 6) is -0.496. The molecule has 24 heavy (non-hydrogen) atoms. The first-order valence-electron chi connectivity index (χ1n) is 7.36. The topological polar surface area (TPSA) is 92.7 Å². The summed E-state index contributed by atoms with van der Waals surface area (Å²) < 4.78 is 32.5. The standard InChI is InChI=1S/C17H19NO5S/c1-3-12-4-9-16(23-2)14(10-12)11-18-24(21,22)15-7-5-13(6-8-15)17(19)20/h4-10,18H,3,11H2,1-2H3,(H,19,20). The van der Waals surface area contributed by atoms with Crippen LogP contribution in [0.2, 0.25) is 0 Å². The van der Waals surface area contributed by atoms with Crippen LogP contribution < -0.4 is 9.46 Å². The SMILES string of the molecule is CCc1ccc(OC)c(CNS(=O)(=O)c2ccc(C(=O)O)cc2)c1. The van der Waals surface area contributed by atoms with Gasteiger partial charge in [-0.05, 0) is 42.3 Å². The molecule has 0 radical (unpaired) electrons. The van der Waals surface area contributed by atoms with Crippen molar-refractivity contribution in [1.29, 1.82) is 0 Å². The first-order chi connectivity index (χ1) is 11.4. The lowest BCUT2D eigenvalue weighted by Gasteiger charge is -2.12. The number of carbonyl (C=O) groups is 1. The Morgan fingerprint density at radius 1 is 1.17 bits per heavy atom. The van der Waals surface area contributed by atoms with Gasteiger partial charge in [-0.2, -0.15) is 0 Å². The Morgan fingerprint density at radius 2 is 1.83 bits per heavy atom. The maximum atomic E-state index is 12.3. The summed E-state index contributed by atoms with van der Waals surface area (Å²) in [4.78, 5) is 10.8. The average Bonchev–Trinajstić information content (AvgIpc) is 2.59. The molecule has 0 saturated heterocycles. The number of sulfonamides is 1. The molecule has 2 N–H and O–H groups in total. The van der Waals surface area contributed by atoms with Gasteiger partial charge in [0.25, 0.3) is 0 Å². The molecule has 0 aliphatic heterocycles. The molecular formula is C17H19NO5S. The Kier molecular flexibility index (Phi) is 5.58. The van der Waals surface area contributed by atoms with E-state index in [4.69, 9.17) is 9.84 Å². The van der Waals surface area contributed by atoms with Crippen molar-refractivity contribution in [2.75, 3.05) is 7.11 Å². The summed E-state index contributed by atoms with van der Waals surface area (Å²) in [6.07, 6.45) is 0.834. The molecule has 0 heterocycles. The van der Waals surface area contributed by atoms with Crippen molar-refractivity contribution in [1.82, 2.24) is 4.72 Å². The van der Waals surface area contributed by atoms with Crippen LogP contribution in [0.1, 0.15) is 28.4 Å². The summed E-state index contributed by atoms with van der Waals surface area (Å²) in [6, 6.07) is 10.7. The Bertz CT molecular complexity index is 829. The van der Waals surface area contributed by atoms with E-state index in [1.54, 1.807) is 0 Å². The lowest BCUT2D eigenvalue weighted by atomic mass is 10.1. The quantitative estimate of drug-likeness (QED) is 0.801. The molecular weight excluding hydrogens is 330 g/mol.